The summed E-state index contributed by atoms with van der Waals surface area (Å²) in [5.74, 6) is 1.05. The molecule has 0 aliphatic heterocycles. The number of hydrogen-bond donors (Lipinski definition) is 2. The van der Waals surface area contributed by atoms with E-state index in [1.54, 1.807) is 0 Å². The molecule has 1 saturated carbocycles. The second-order valence-corrected chi connectivity index (χ2v) is 5.94. The minimum absolute atomic E-state index is 0.210. The topological polar surface area (TPSA) is 41.1 Å². The second kappa shape index (κ2) is 9.37. The van der Waals surface area contributed by atoms with Gasteiger partial charge in [0.25, 0.3) is 0 Å². The first-order valence-electron chi connectivity index (χ1n) is 7.68. The van der Waals surface area contributed by atoms with Crippen LogP contribution in [0.5, 0.6) is 0 Å². The second-order valence-electron chi connectivity index (χ2n) is 5.94. The van der Waals surface area contributed by atoms with Crippen LogP contribution in [0.2, 0.25) is 0 Å². The molecular formula is C15H30N2O. The standard InChI is InChI=1S/C15H30N2O/c1-13(2)7-5-3-4-6-11-16-12-10-15(18)17-14-8-9-14/h13-14,16H,3-12H2,1-2H3,(H,17,18). The zero-order valence-electron chi connectivity index (χ0n) is 12.1. The van der Waals surface area contributed by atoms with E-state index < -0.39 is 0 Å². The Balaban J connectivity index is 1.74. The van der Waals surface area contributed by atoms with Crippen LogP contribution in [0.4, 0.5) is 0 Å². The average molecular weight is 254 g/mol. The van der Waals surface area contributed by atoms with Crippen molar-refractivity contribution in [3.63, 3.8) is 0 Å². The van der Waals surface area contributed by atoms with E-state index in [0.29, 0.717) is 12.5 Å². The fourth-order valence-electron chi connectivity index (χ4n) is 2.01. The molecule has 0 heterocycles. The fraction of sp³-hybridized carbons (Fsp3) is 0.933. The molecular weight excluding hydrogens is 224 g/mol. The Kier molecular flexibility index (Phi) is 8.06. The Morgan fingerprint density at radius 3 is 2.50 bits per heavy atom. The van der Waals surface area contributed by atoms with E-state index >= 15 is 0 Å². The smallest absolute Gasteiger partial charge is 0.221 e. The van der Waals surface area contributed by atoms with Gasteiger partial charge in [0.15, 0.2) is 0 Å². The zero-order valence-corrected chi connectivity index (χ0v) is 12.1. The molecule has 0 aromatic rings. The maximum absolute atomic E-state index is 11.4. The van der Waals surface area contributed by atoms with Gasteiger partial charge < -0.3 is 10.6 Å². The van der Waals surface area contributed by atoms with Gasteiger partial charge in [0, 0.05) is 19.0 Å². The van der Waals surface area contributed by atoms with Crippen LogP contribution in [0.15, 0.2) is 0 Å². The van der Waals surface area contributed by atoms with Gasteiger partial charge in [-0.15, -0.1) is 0 Å². The van der Waals surface area contributed by atoms with Gasteiger partial charge in [0.2, 0.25) is 5.91 Å². The zero-order chi connectivity index (χ0) is 13.2. The van der Waals surface area contributed by atoms with Crippen molar-refractivity contribution in [2.24, 2.45) is 5.92 Å². The molecule has 0 bridgehead atoms. The Hall–Kier alpha value is -0.570. The van der Waals surface area contributed by atoms with Gasteiger partial charge in [0.1, 0.15) is 0 Å². The van der Waals surface area contributed by atoms with Gasteiger partial charge in [-0.1, -0.05) is 39.5 Å². The molecule has 3 heteroatoms. The number of amides is 1. The van der Waals surface area contributed by atoms with Crippen molar-refractivity contribution in [3.05, 3.63) is 0 Å². The summed E-state index contributed by atoms with van der Waals surface area (Å²) in [6, 6.07) is 0.499. The van der Waals surface area contributed by atoms with Gasteiger partial charge in [-0.05, 0) is 31.7 Å². The van der Waals surface area contributed by atoms with Crippen LogP contribution >= 0.6 is 0 Å². The molecule has 106 valence electrons. The summed E-state index contributed by atoms with van der Waals surface area (Å²) < 4.78 is 0. The predicted molar refractivity (Wildman–Crippen MR) is 76.6 cm³/mol. The molecule has 0 aromatic heterocycles. The summed E-state index contributed by atoms with van der Waals surface area (Å²) in [5.41, 5.74) is 0. The van der Waals surface area contributed by atoms with Crippen LogP contribution in [0.1, 0.15) is 65.2 Å². The molecule has 0 radical (unpaired) electrons. The molecule has 1 amide bonds. The Labute approximate surface area is 112 Å². The molecule has 3 nitrogen and oxygen atoms in total. The SMILES string of the molecule is CC(C)CCCCCCNCCC(=O)NC1CC1. The molecule has 0 aromatic carbocycles. The van der Waals surface area contributed by atoms with Crippen molar-refractivity contribution in [1.82, 2.24) is 10.6 Å². The molecule has 18 heavy (non-hydrogen) atoms. The lowest BCUT2D eigenvalue weighted by Gasteiger charge is -2.06. The molecule has 0 spiro atoms. The van der Waals surface area contributed by atoms with Crippen molar-refractivity contribution in [3.8, 4) is 0 Å². The van der Waals surface area contributed by atoms with E-state index in [1.165, 1.54) is 44.9 Å². The summed E-state index contributed by atoms with van der Waals surface area (Å²) in [6.07, 6.45) is 9.60. The Morgan fingerprint density at radius 2 is 1.83 bits per heavy atom. The highest BCUT2D eigenvalue weighted by molar-refractivity contribution is 5.76. The van der Waals surface area contributed by atoms with Gasteiger partial charge in [-0.3, -0.25) is 4.79 Å². The van der Waals surface area contributed by atoms with Gasteiger partial charge in [-0.25, -0.2) is 0 Å². The van der Waals surface area contributed by atoms with Crippen molar-refractivity contribution in [1.29, 1.82) is 0 Å². The number of carbonyl (C=O) groups is 1. The van der Waals surface area contributed by atoms with E-state index in [4.69, 9.17) is 0 Å². The van der Waals surface area contributed by atoms with Crippen LogP contribution in [0, 0.1) is 5.92 Å². The highest BCUT2D eigenvalue weighted by atomic mass is 16.1. The molecule has 0 atom stereocenters. The summed E-state index contributed by atoms with van der Waals surface area (Å²) in [5, 5.41) is 6.35. The lowest BCUT2D eigenvalue weighted by atomic mass is 10.0. The van der Waals surface area contributed by atoms with Crippen LogP contribution < -0.4 is 10.6 Å². The molecule has 1 aliphatic rings. The lowest BCUT2D eigenvalue weighted by Crippen LogP contribution is -2.29. The molecule has 2 N–H and O–H groups in total. The Morgan fingerprint density at radius 1 is 1.11 bits per heavy atom. The third-order valence-electron chi connectivity index (χ3n) is 3.36. The van der Waals surface area contributed by atoms with Crippen LogP contribution in [0.25, 0.3) is 0 Å². The molecule has 1 fully saturated rings. The van der Waals surface area contributed by atoms with Gasteiger partial charge >= 0.3 is 0 Å². The number of rotatable bonds is 11. The average Bonchev–Trinajstić information content (AvgIpc) is 3.10. The van der Waals surface area contributed by atoms with E-state index in [1.807, 2.05) is 0 Å². The Bertz CT molecular complexity index is 225. The predicted octanol–water partition coefficient (Wildman–Crippen LogP) is 2.85. The van der Waals surface area contributed by atoms with Crippen molar-refractivity contribution in [2.45, 2.75) is 71.3 Å². The van der Waals surface area contributed by atoms with E-state index in [-0.39, 0.29) is 5.91 Å². The number of unbranched alkanes of at least 4 members (excludes halogenated alkanes) is 3. The normalized spacial score (nSPS) is 15.1. The summed E-state index contributed by atoms with van der Waals surface area (Å²) >= 11 is 0. The van der Waals surface area contributed by atoms with Crippen molar-refractivity contribution >= 4 is 5.91 Å². The maximum atomic E-state index is 11.4. The van der Waals surface area contributed by atoms with Crippen molar-refractivity contribution in [2.75, 3.05) is 13.1 Å². The molecule has 0 unspecified atom stereocenters. The third kappa shape index (κ3) is 9.46. The highest BCUT2D eigenvalue weighted by Crippen LogP contribution is 2.18. The largest absolute Gasteiger partial charge is 0.353 e. The first kappa shape index (κ1) is 15.5. The fourth-order valence-corrected chi connectivity index (χ4v) is 2.01. The summed E-state index contributed by atoms with van der Waals surface area (Å²) in [6.45, 7) is 6.45. The van der Waals surface area contributed by atoms with Crippen molar-refractivity contribution < 1.29 is 4.79 Å². The first-order valence-corrected chi connectivity index (χ1v) is 7.68. The number of nitrogens with one attached hydrogen (secondary N) is 2. The maximum Gasteiger partial charge on any atom is 0.221 e. The molecule has 1 rings (SSSR count). The van der Waals surface area contributed by atoms with Crippen LogP contribution in [0.3, 0.4) is 0 Å². The van der Waals surface area contributed by atoms with Crippen LogP contribution in [-0.4, -0.2) is 25.0 Å². The summed E-state index contributed by atoms with van der Waals surface area (Å²) in [4.78, 5) is 11.4. The van der Waals surface area contributed by atoms with E-state index in [9.17, 15) is 4.79 Å². The third-order valence-corrected chi connectivity index (χ3v) is 3.36. The minimum Gasteiger partial charge on any atom is -0.353 e. The van der Waals surface area contributed by atoms with Gasteiger partial charge in [0.05, 0.1) is 0 Å². The van der Waals surface area contributed by atoms with E-state index in [2.05, 4.69) is 24.5 Å². The van der Waals surface area contributed by atoms with Gasteiger partial charge in [-0.2, -0.15) is 0 Å². The molecule has 1 aliphatic carbocycles. The first-order chi connectivity index (χ1) is 8.68. The van der Waals surface area contributed by atoms with E-state index in [0.717, 1.165) is 19.0 Å². The summed E-state index contributed by atoms with van der Waals surface area (Å²) in [7, 11) is 0. The number of carbonyl (C=O) groups excluding carboxylic acids is 1. The lowest BCUT2D eigenvalue weighted by molar-refractivity contribution is -0.121. The quantitative estimate of drug-likeness (QED) is 0.557. The minimum atomic E-state index is 0.210. The number of hydrogen-bond acceptors (Lipinski definition) is 2. The van der Waals surface area contributed by atoms with Crippen LogP contribution in [-0.2, 0) is 4.79 Å². The highest BCUT2D eigenvalue weighted by Gasteiger charge is 2.22. The monoisotopic (exact) mass is 254 g/mol. The molecule has 0 saturated heterocycles.